The molecule has 1 aliphatic rings. The van der Waals surface area contributed by atoms with Crippen LogP contribution in [0.5, 0.6) is 0 Å². The van der Waals surface area contributed by atoms with E-state index in [4.69, 9.17) is 0 Å². The van der Waals surface area contributed by atoms with Crippen LogP contribution in [0.4, 0.5) is 5.00 Å². The molecule has 0 unspecified atom stereocenters. The quantitative estimate of drug-likeness (QED) is 0.569. The minimum absolute atomic E-state index is 0.124. The van der Waals surface area contributed by atoms with Crippen molar-refractivity contribution >= 4 is 45.3 Å². The summed E-state index contributed by atoms with van der Waals surface area (Å²) in [6, 6.07) is 6.30. The van der Waals surface area contributed by atoms with E-state index in [1.54, 1.807) is 22.7 Å². The van der Waals surface area contributed by atoms with Gasteiger partial charge in [0.15, 0.2) is 11.0 Å². The van der Waals surface area contributed by atoms with Gasteiger partial charge in [0.1, 0.15) is 11.1 Å². The van der Waals surface area contributed by atoms with Crippen LogP contribution in [0.3, 0.4) is 0 Å². The molecule has 0 radical (unpaired) electrons. The molecule has 1 N–H and O–H groups in total. The molecular weight excluding hydrogens is 422 g/mol. The third-order valence-corrected chi connectivity index (χ3v) is 8.04. The molecule has 29 heavy (non-hydrogen) atoms. The number of thiophene rings is 2. The largest absolute Gasteiger partial charge is 0.316 e. The van der Waals surface area contributed by atoms with Gasteiger partial charge in [-0.3, -0.25) is 4.79 Å². The molecule has 1 aliphatic carbocycles. The van der Waals surface area contributed by atoms with Crippen LogP contribution in [0, 0.1) is 11.3 Å². The molecule has 0 fully saturated rings. The summed E-state index contributed by atoms with van der Waals surface area (Å²) in [7, 11) is 1.91. The minimum Gasteiger partial charge on any atom is -0.316 e. The van der Waals surface area contributed by atoms with Gasteiger partial charge in [-0.2, -0.15) is 5.26 Å². The molecule has 4 rings (SSSR count). The van der Waals surface area contributed by atoms with E-state index >= 15 is 0 Å². The van der Waals surface area contributed by atoms with E-state index in [1.165, 1.54) is 29.5 Å². The lowest BCUT2D eigenvalue weighted by molar-refractivity contribution is -0.113. The number of anilines is 1. The van der Waals surface area contributed by atoms with E-state index in [9.17, 15) is 10.1 Å². The Morgan fingerprint density at radius 3 is 2.90 bits per heavy atom. The summed E-state index contributed by atoms with van der Waals surface area (Å²) in [5, 5.41) is 24.5. The van der Waals surface area contributed by atoms with Crippen molar-refractivity contribution in [2.45, 2.75) is 43.7 Å². The number of amides is 1. The zero-order valence-electron chi connectivity index (χ0n) is 16.1. The Morgan fingerprint density at radius 2 is 2.14 bits per heavy atom. The monoisotopic (exact) mass is 443 g/mol. The smallest absolute Gasteiger partial charge is 0.235 e. The molecule has 0 saturated carbocycles. The predicted octanol–water partition coefficient (Wildman–Crippen LogP) is 4.87. The zero-order valence-corrected chi connectivity index (χ0v) is 18.6. The fourth-order valence-electron chi connectivity index (χ4n) is 3.48. The Morgan fingerprint density at radius 1 is 1.31 bits per heavy atom. The Kier molecular flexibility index (Phi) is 6.33. The molecule has 6 nitrogen and oxygen atoms in total. The zero-order chi connectivity index (χ0) is 20.2. The summed E-state index contributed by atoms with van der Waals surface area (Å²) in [6.45, 7) is 0. The summed E-state index contributed by atoms with van der Waals surface area (Å²) in [5.41, 5.74) is 1.80. The van der Waals surface area contributed by atoms with Gasteiger partial charge in [-0.05, 0) is 42.7 Å². The van der Waals surface area contributed by atoms with Gasteiger partial charge in [0, 0.05) is 11.9 Å². The maximum Gasteiger partial charge on any atom is 0.235 e. The molecule has 0 bridgehead atoms. The van der Waals surface area contributed by atoms with Crippen molar-refractivity contribution in [3.8, 4) is 16.8 Å². The summed E-state index contributed by atoms with van der Waals surface area (Å²) in [6.07, 6.45) is 6.65. The lowest BCUT2D eigenvalue weighted by Gasteiger charge is -2.08. The normalized spacial score (nSPS) is 13.9. The van der Waals surface area contributed by atoms with Crippen LogP contribution < -0.4 is 5.32 Å². The number of nitrogens with one attached hydrogen (secondary N) is 1. The number of nitriles is 1. The summed E-state index contributed by atoms with van der Waals surface area (Å²) in [5.74, 6) is 0.901. The van der Waals surface area contributed by atoms with Crippen LogP contribution in [0.25, 0.3) is 10.7 Å². The standard InChI is InChI=1S/C20H21N5OS3/c1-25-18(16-9-6-10-27-16)23-24-20(25)28-12-17(26)22-19-14(11-21)13-7-4-2-3-5-8-15(13)29-19/h6,9-10H,2-5,7-8,12H2,1H3,(H,22,26). The Labute approximate surface area is 182 Å². The summed E-state index contributed by atoms with van der Waals surface area (Å²) < 4.78 is 1.90. The van der Waals surface area contributed by atoms with E-state index in [2.05, 4.69) is 21.6 Å². The number of aromatic nitrogens is 3. The van der Waals surface area contributed by atoms with Crippen molar-refractivity contribution in [3.63, 3.8) is 0 Å². The molecule has 0 spiro atoms. The fraction of sp³-hybridized carbons (Fsp3) is 0.400. The number of fused-ring (bicyclic) bond motifs is 1. The molecule has 1 amide bonds. The van der Waals surface area contributed by atoms with E-state index < -0.39 is 0 Å². The molecule has 0 atom stereocenters. The Bertz CT molecular complexity index is 1050. The van der Waals surface area contributed by atoms with Crippen molar-refractivity contribution in [2.75, 3.05) is 11.1 Å². The maximum atomic E-state index is 12.6. The Balaban J connectivity index is 1.43. The number of hydrogen-bond donors (Lipinski definition) is 1. The second-order valence-corrected chi connectivity index (χ2v) is 9.91. The predicted molar refractivity (Wildman–Crippen MR) is 119 cm³/mol. The molecule has 0 aliphatic heterocycles. The lowest BCUT2D eigenvalue weighted by atomic mass is 9.97. The summed E-state index contributed by atoms with van der Waals surface area (Å²) in [4.78, 5) is 14.9. The SMILES string of the molecule is Cn1c(SCC(=O)Nc2sc3c(c2C#N)CCCCCC3)nnc1-c1cccs1. The number of aryl methyl sites for hydroxylation is 1. The van der Waals surface area contributed by atoms with Gasteiger partial charge < -0.3 is 9.88 Å². The van der Waals surface area contributed by atoms with E-state index in [1.807, 2.05) is 29.1 Å². The highest BCUT2D eigenvalue weighted by atomic mass is 32.2. The molecular formula is C20H21N5OS3. The van der Waals surface area contributed by atoms with Crippen LogP contribution in [-0.4, -0.2) is 26.4 Å². The van der Waals surface area contributed by atoms with Crippen molar-refractivity contribution in [3.05, 3.63) is 33.5 Å². The van der Waals surface area contributed by atoms with Gasteiger partial charge in [-0.1, -0.05) is 30.7 Å². The number of carbonyl (C=O) groups is 1. The van der Waals surface area contributed by atoms with Gasteiger partial charge in [0.25, 0.3) is 0 Å². The van der Waals surface area contributed by atoms with E-state index in [-0.39, 0.29) is 11.7 Å². The van der Waals surface area contributed by atoms with Crippen LogP contribution in [-0.2, 0) is 24.7 Å². The first-order chi connectivity index (χ1) is 14.2. The van der Waals surface area contributed by atoms with Crippen LogP contribution in [0.1, 0.15) is 41.7 Å². The average Bonchev–Trinajstić information content (AvgIpc) is 3.40. The molecule has 3 aromatic rings. The second kappa shape index (κ2) is 9.11. The number of rotatable bonds is 5. The fourth-order valence-corrected chi connectivity index (χ4v) is 6.19. The molecule has 150 valence electrons. The van der Waals surface area contributed by atoms with Crippen molar-refractivity contribution in [1.29, 1.82) is 5.26 Å². The lowest BCUT2D eigenvalue weighted by Crippen LogP contribution is -2.14. The molecule has 3 heterocycles. The number of carbonyl (C=O) groups excluding carboxylic acids is 1. The van der Waals surface area contributed by atoms with Crippen molar-refractivity contribution in [1.82, 2.24) is 14.8 Å². The highest BCUT2D eigenvalue weighted by Gasteiger charge is 2.21. The van der Waals surface area contributed by atoms with E-state index in [0.29, 0.717) is 15.7 Å². The van der Waals surface area contributed by atoms with Crippen molar-refractivity contribution < 1.29 is 4.79 Å². The molecule has 0 aromatic carbocycles. The van der Waals surface area contributed by atoms with Gasteiger partial charge in [0.2, 0.25) is 5.91 Å². The minimum atomic E-state index is -0.124. The highest BCUT2D eigenvalue weighted by Crippen LogP contribution is 2.36. The first-order valence-electron chi connectivity index (χ1n) is 9.58. The van der Waals surface area contributed by atoms with Crippen molar-refractivity contribution in [2.24, 2.45) is 7.05 Å². The Hall–Kier alpha value is -2.15. The number of hydrogen-bond acceptors (Lipinski definition) is 7. The molecule has 0 saturated heterocycles. The third kappa shape index (κ3) is 4.39. The first-order valence-corrected chi connectivity index (χ1v) is 12.3. The van der Waals surface area contributed by atoms with Gasteiger partial charge in [-0.15, -0.1) is 32.9 Å². The second-order valence-electron chi connectivity index (χ2n) is 6.91. The topological polar surface area (TPSA) is 83.6 Å². The van der Waals surface area contributed by atoms with Crippen LogP contribution >= 0.6 is 34.4 Å². The van der Waals surface area contributed by atoms with Gasteiger partial charge in [0.05, 0.1) is 16.2 Å². The number of nitrogens with zero attached hydrogens (tertiary/aromatic N) is 4. The highest BCUT2D eigenvalue weighted by molar-refractivity contribution is 7.99. The maximum absolute atomic E-state index is 12.6. The number of thioether (sulfide) groups is 1. The van der Waals surface area contributed by atoms with Crippen LogP contribution in [0.15, 0.2) is 22.7 Å². The van der Waals surface area contributed by atoms with E-state index in [0.717, 1.165) is 41.9 Å². The van der Waals surface area contributed by atoms with Gasteiger partial charge in [-0.25, -0.2) is 0 Å². The molecule has 3 aromatic heterocycles. The average molecular weight is 444 g/mol. The molecule has 9 heteroatoms. The third-order valence-electron chi connectivity index (χ3n) is 4.94. The first kappa shape index (κ1) is 20.1. The van der Waals surface area contributed by atoms with Crippen LogP contribution in [0.2, 0.25) is 0 Å². The summed E-state index contributed by atoms with van der Waals surface area (Å²) >= 11 is 4.53. The van der Waals surface area contributed by atoms with Gasteiger partial charge >= 0.3 is 0 Å².